The van der Waals surface area contributed by atoms with Gasteiger partial charge in [0.1, 0.15) is 12.7 Å². The zero-order chi connectivity index (χ0) is 47.0. The summed E-state index contributed by atoms with van der Waals surface area (Å²) in [7, 11) is -9.73. The zero-order valence-corrected chi connectivity index (χ0v) is 40.3. The van der Waals surface area contributed by atoms with E-state index in [1.54, 1.807) is 0 Å². The summed E-state index contributed by atoms with van der Waals surface area (Å²) >= 11 is 0. The number of phosphoric acid groups is 2. The van der Waals surface area contributed by atoms with Crippen LogP contribution in [0.15, 0.2) is 85.1 Å². The van der Waals surface area contributed by atoms with Crippen LogP contribution in [0.3, 0.4) is 0 Å². The molecule has 366 valence electrons. The van der Waals surface area contributed by atoms with Gasteiger partial charge in [-0.3, -0.25) is 23.2 Å². The van der Waals surface area contributed by atoms with Crippen molar-refractivity contribution < 1.29 is 66.3 Å². The van der Waals surface area contributed by atoms with Crippen LogP contribution in [0, 0.1) is 0 Å². The maximum absolute atomic E-state index is 12.8. The normalized spacial score (nSPS) is 17.8. The molecule has 5 atom stereocenters. The number of epoxide rings is 1. The lowest BCUT2D eigenvalue weighted by Gasteiger charge is -2.20. The van der Waals surface area contributed by atoms with Crippen LogP contribution in [-0.2, 0) is 46.5 Å². The van der Waals surface area contributed by atoms with E-state index in [4.69, 9.17) is 28.5 Å². The third-order valence-electron chi connectivity index (χ3n) is 9.67. The van der Waals surface area contributed by atoms with Crippen LogP contribution in [0.25, 0.3) is 0 Å². The Morgan fingerprint density at radius 2 is 1.02 bits per heavy atom. The monoisotopic (exact) mass is 943 g/mol. The van der Waals surface area contributed by atoms with Gasteiger partial charge in [-0.05, 0) is 96.3 Å². The third kappa shape index (κ3) is 39.6. The Hall–Kier alpha value is -2.74. The van der Waals surface area contributed by atoms with E-state index >= 15 is 0 Å². The molecule has 64 heavy (non-hydrogen) atoms. The fourth-order valence-electron chi connectivity index (χ4n) is 6.00. The van der Waals surface area contributed by atoms with E-state index in [-0.39, 0.29) is 25.0 Å². The molecule has 0 aromatic heterocycles. The van der Waals surface area contributed by atoms with E-state index in [2.05, 4.69) is 108 Å². The summed E-state index contributed by atoms with van der Waals surface area (Å²) in [4.78, 5) is 52.9. The highest BCUT2D eigenvalue weighted by molar-refractivity contribution is 7.47. The standard InChI is InChI=1S/C48H80O14P2/c1-3-5-7-9-11-13-15-17-18-19-20-21-22-23-25-27-29-31-33-37-47(50)57-41-44(42-60-64(55,56)59-40-43(49)39-58-63(52,53)54)61-48(51)38-34-36-46-45(62-46)35-32-30-28-26-24-16-14-12-10-8-6-4-2/h11-14,17-18,20-21,23-26,30,32,43-46,49H,3-10,15-16,19,22,27-29,31,33-42H2,1-2H3,(H,55,56)(H2,52,53,54)/b13-11-,14-12-,18-17-,21-20-,25-23-,26-24-,32-30-/t43-,44+,45?,46?/m0/s1. The van der Waals surface area contributed by atoms with Gasteiger partial charge >= 0.3 is 27.6 Å². The van der Waals surface area contributed by atoms with E-state index in [0.29, 0.717) is 19.3 Å². The van der Waals surface area contributed by atoms with E-state index in [9.17, 15) is 28.7 Å². The summed E-state index contributed by atoms with van der Waals surface area (Å²) < 4.78 is 53.6. The number of carbonyl (C=O) groups excluding carboxylic acids is 2. The first-order valence-corrected chi connectivity index (χ1v) is 26.4. The number of phosphoric ester groups is 2. The van der Waals surface area contributed by atoms with Gasteiger partial charge in [0.25, 0.3) is 0 Å². The molecule has 0 amide bonds. The number of hydrogen-bond acceptors (Lipinski definition) is 11. The lowest BCUT2D eigenvalue weighted by Crippen LogP contribution is -2.30. The highest BCUT2D eigenvalue weighted by atomic mass is 31.2. The van der Waals surface area contributed by atoms with Crippen LogP contribution in [0.4, 0.5) is 0 Å². The molecule has 0 aromatic rings. The number of hydrogen-bond donors (Lipinski definition) is 4. The number of allylic oxidation sites excluding steroid dienone is 13. The van der Waals surface area contributed by atoms with E-state index in [0.717, 1.165) is 70.6 Å². The van der Waals surface area contributed by atoms with Gasteiger partial charge in [0.05, 0.1) is 32.0 Å². The number of unbranched alkanes of at least 4 members (excludes halogenated alkanes) is 9. The maximum atomic E-state index is 12.8. The lowest BCUT2D eigenvalue weighted by atomic mass is 10.1. The molecule has 0 saturated carbocycles. The summed E-state index contributed by atoms with van der Waals surface area (Å²) in [5.41, 5.74) is 0. The fraction of sp³-hybridized carbons (Fsp3) is 0.667. The van der Waals surface area contributed by atoms with E-state index < -0.39 is 66.2 Å². The molecule has 0 aromatic carbocycles. The van der Waals surface area contributed by atoms with Gasteiger partial charge in [-0.25, -0.2) is 9.13 Å². The number of carbonyl (C=O) groups is 2. The Morgan fingerprint density at radius 1 is 0.547 bits per heavy atom. The molecule has 0 aliphatic carbocycles. The van der Waals surface area contributed by atoms with Gasteiger partial charge < -0.3 is 34.0 Å². The van der Waals surface area contributed by atoms with Gasteiger partial charge in [0, 0.05) is 12.8 Å². The summed E-state index contributed by atoms with van der Waals surface area (Å²) in [5, 5.41) is 9.77. The highest BCUT2D eigenvalue weighted by Gasteiger charge is 2.37. The molecule has 14 nitrogen and oxygen atoms in total. The molecule has 1 rings (SSSR count). The first-order valence-electron chi connectivity index (χ1n) is 23.4. The van der Waals surface area contributed by atoms with Gasteiger partial charge in [-0.15, -0.1) is 0 Å². The number of aliphatic hydroxyl groups is 1. The van der Waals surface area contributed by atoms with Crippen LogP contribution in [-0.4, -0.2) is 82.6 Å². The molecule has 0 spiro atoms. The van der Waals surface area contributed by atoms with Crippen LogP contribution >= 0.6 is 15.6 Å². The van der Waals surface area contributed by atoms with Crippen molar-refractivity contribution in [1.29, 1.82) is 0 Å². The van der Waals surface area contributed by atoms with Crippen molar-refractivity contribution in [2.45, 2.75) is 180 Å². The summed E-state index contributed by atoms with van der Waals surface area (Å²) in [6, 6.07) is 0. The predicted octanol–water partition coefficient (Wildman–Crippen LogP) is 11.3. The minimum Gasteiger partial charge on any atom is -0.462 e. The first-order chi connectivity index (χ1) is 30.8. The molecular formula is C48H80O14P2. The zero-order valence-electron chi connectivity index (χ0n) is 38.5. The lowest BCUT2D eigenvalue weighted by molar-refractivity contribution is -0.161. The molecule has 0 radical (unpaired) electrons. The Labute approximate surface area is 383 Å². The predicted molar refractivity (Wildman–Crippen MR) is 252 cm³/mol. The van der Waals surface area contributed by atoms with Crippen molar-refractivity contribution in [1.82, 2.24) is 0 Å². The Kier molecular flexibility index (Phi) is 36.5. The van der Waals surface area contributed by atoms with E-state index in [1.165, 1.54) is 38.5 Å². The molecule has 16 heteroatoms. The second kappa shape index (κ2) is 39.4. The van der Waals surface area contributed by atoms with E-state index in [1.807, 2.05) is 0 Å². The Bertz CT molecular complexity index is 1510. The van der Waals surface area contributed by atoms with Crippen LogP contribution in [0.2, 0.25) is 0 Å². The largest absolute Gasteiger partial charge is 0.472 e. The van der Waals surface area contributed by atoms with Crippen LogP contribution in [0.5, 0.6) is 0 Å². The molecule has 1 saturated heterocycles. The number of ether oxygens (including phenoxy) is 3. The van der Waals surface area contributed by atoms with Gasteiger partial charge in [-0.2, -0.15) is 0 Å². The van der Waals surface area contributed by atoms with Gasteiger partial charge in [0.2, 0.25) is 0 Å². The highest BCUT2D eigenvalue weighted by Crippen LogP contribution is 2.44. The summed E-state index contributed by atoms with van der Waals surface area (Å²) in [6.45, 7) is 1.58. The van der Waals surface area contributed by atoms with Crippen molar-refractivity contribution >= 4 is 27.6 Å². The number of aliphatic hydroxyl groups excluding tert-OH is 1. The van der Waals surface area contributed by atoms with Crippen molar-refractivity contribution in [2.24, 2.45) is 0 Å². The average Bonchev–Trinajstić information content (AvgIpc) is 4.01. The molecule has 1 heterocycles. The minimum absolute atomic E-state index is 0.0310. The summed E-state index contributed by atoms with van der Waals surface area (Å²) in [5.74, 6) is -1.15. The maximum Gasteiger partial charge on any atom is 0.472 e. The topological polar surface area (TPSA) is 208 Å². The molecule has 1 aliphatic rings. The quantitative estimate of drug-likeness (QED) is 0.0148. The Morgan fingerprint density at radius 3 is 1.55 bits per heavy atom. The molecule has 0 bridgehead atoms. The summed E-state index contributed by atoms with van der Waals surface area (Å²) in [6.07, 6.45) is 47.3. The third-order valence-corrected chi connectivity index (χ3v) is 11.1. The van der Waals surface area contributed by atoms with Crippen LogP contribution < -0.4 is 0 Å². The van der Waals surface area contributed by atoms with Crippen LogP contribution in [0.1, 0.15) is 155 Å². The molecular weight excluding hydrogens is 862 g/mol. The number of rotatable bonds is 42. The second-order valence-corrected chi connectivity index (χ2v) is 18.4. The Balaban J connectivity index is 2.43. The fourth-order valence-corrected chi connectivity index (χ4v) is 7.16. The van der Waals surface area contributed by atoms with Gasteiger partial charge in [-0.1, -0.05) is 131 Å². The number of esters is 2. The molecule has 3 unspecified atom stereocenters. The smallest absolute Gasteiger partial charge is 0.462 e. The van der Waals surface area contributed by atoms with Gasteiger partial charge in [0.15, 0.2) is 6.10 Å². The first kappa shape index (κ1) is 59.3. The molecule has 4 N–H and O–H groups in total. The van der Waals surface area contributed by atoms with Crippen molar-refractivity contribution in [3.05, 3.63) is 85.1 Å². The SMILES string of the molecule is CCCCC/C=C\C/C=C\C/C=C\C/C=C\CCCCCC(=O)OC[C@H](COP(=O)(O)OC[C@@H](O)COP(=O)(O)O)OC(=O)CCCC1OC1C/C=C\C/C=C\C/C=C\CCCCC. The second-order valence-electron chi connectivity index (χ2n) is 15.7. The van der Waals surface area contributed by atoms with Crippen molar-refractivity contribution in [2.75, 3.05) is 26.4 Å². The van der Waals surface area contributed by atoms with Crippen molar-refractivity contribution in [3.63, 3.8) is 0 Å². The molecule has 1 fully saturated rings. The minimum atomic E-state index is -4.88. The average molecular weight is 943 g/mol. The van der Waals surface area contributed by atoms with Crippen molar-refractivity contribution in [3.8, 4) is 0 Å². The molecule has 1 aliphatic heterocycles.